The molecule has 0 aromatic heterocycles. The molecule has 1 aliphatic heterocycles. The number of carbonyl (C=O) groups excluding carboxylic acids is 1. The number of carbonyl (C=O) groups is 2. The van der Waals surface area contributed by atoms with E-state index >= 15 is 0 Å². The standard InChI is InChI=1S/C24H20FNO5/c1-15(17-5-8-20(25)9-6-17)26(13-16-3-2-4-19(11-16)24(28)29)23(27)18-7-10-21-22(12-18)31-14-30-21/h2-12,15H,13-14H2,1H3,(H,28,29). The van der Waals surface area contributed by atoms with E-state index in [1.54, 1.807) is 53.4 Å². The lowest BCUT2D eigenvalue weighted by molar-refractivity contribution is 0.0673. The lowest BCUT2D eigenvalue weighted by atomic mass is 10.0. The van der Waals surface area contributed by atoms with Gasteiger partial charge in [-0.2, -0.15) is 0 Å². The topological polar surface area (TPSA) is 76.1 Å². The molecule has 0 fully saturated rings. The van der Waals surface area contributed by atoms with Gasteiger partial charge in [-0.3, -0.25) is 4.79 Å². The van der Waals surface area contributed by atoms with Crippen molar-refractivity contribution < 1.29 is 28.6 Å². The van der Waals surface area contributed by atoms with Gasteiger partial charge in [0, 0.05) is 12.1 Å². The fourth-order valence-corrected chi connectivity index (χ4v) is 3.50. The molecule has 4 rings (SSSR count). The average Bonchev–Trinajstić information content (AvgIpc) is 3.25. The summed E-state index contributed by atoms with van der Waals surface area (Å²) < 4.78 is 24.1. The lowest BCUT2D eigenvalue weighted by Crippen LogP contribution is -2.33. The number of benzene rings is 3. The van der Waals surface area contributed by atoms with Crippen molar-refractivity contribution >= 4 is 11.9 Å². The van der Waals surface area contributed by atoms with Crippen LogP contribution < -0.4 is 9.47 Å². The number of hydrogen-bond donors (Lipinski definition) is 1. The Bertz CT molecular complexity index is 1130. The first kappa shape index (κ1) is 20.4. The van der Waals surface area contributed by atoms with E-state index < -0.39 is 12.0 Å². The second-order valence-corrected chi connectivity index (χ2v) is 7.23. The highest BCUT2D eigenvalue weighted by Gasteiger charge is 2.25. The summed E-state index contributed by atoms with van der Waals surface area (Å²) in [5.74, 6) is -0.603. The molecule has 158 valence electrons. The predicted molar refractivity (Wildman–Crippen MR) is 111 cm³/mol. The van der Waals surface area contributed by atoms with Gasteiger partial charge >= 0.3 is 5.97 Å². The number of aromatic carboxylic acids is 1. The highest BCUT2D eigenvalue weighted by Crippen LogP contribution is 2.34. The van der Waals surface area contributed by atoms with E-state index in [1.165, 1.54) is 18.2 Å². The van der Waals surface area contributed by atoms with Crippen molar-refractivity contribution in [2.75, 3.05) is 6.79 Å². The van der Waals surface area contributed by atoms with Crippen LogP contribution in [0.2, 0.25) is 0 Å². The summed E-state index contributed by atoms with van der Waals surface area (Å²) in [6.07, 6.45) is 0. The predicted octanol–water partition coefficient (Wildman–Crippen LogP) is 4.66. The summed E-state index contributed by atoms with van der Waals surface area (Å²) in [6, 6.07) is 17.0. The first-order chi connectivity index (χ1) is 14.9. The van der Waals surface area contributed by atoms with Gasteiger partial charge in [0.1, 0.15) is 5.82 Å². The minimum atomic E-state index is -1.04. The van der Waals surface area contributed by atoms with Crippen LogP contribution in [0.3, 0.4) is 0 Å². The van der Waals surface area contributed by atoms with Crippen LogP contribution in [-0.4, -0.2) is 28.7 Å². The average molecular weight is 421 g/mol. The number of halogens is 1. The Balaban J connectivity index is 1.69. The maximum absolute atomic E-state index is 13.5. The van der Waals surface area contributed by atoms with Crippen molar-refractivity contribution in [2.45, 2.75) is 19.5 Å². The van der Waals surface area contributed by atoms with Crippen LogP contribution >= 0.6 is 0 Å². The molecule has 1 unspecified atom stereocenters. The first-order valence-corrected chi connectivity index (χ1v) is 9.70. The quantitative estimate of drug-likeness (QED) is 0.627. The minimum absolute atomic E-state index is 0.102. The Kier molecular flexibility index (Phi) is 5.58. The Labute approximate surface area is 178 Å². The molecule has 1 aliphatic rings. The summed E-state index contributed by atoms with van der Waals surface area (Å²) in [6.45, 7) is 2.12. The minimum Gasteiger partial charge on any atom is -0.478 e. The van der Waals surface area contributed by atoms with E-state index in [9.17, 15) is 19.1 Å². The van der Waals surface area contributed by atoms with Crippen molar-refractivity contribution in [2.24, 2.45) is 0 Å². The Morgan fingerprint density at radius 1 is 1.00 bits per heavy atom. The molecule has 3 aromatic carbocycles. The molecular formula is C24H20FNO5. The highest BCUT2D eigenvalue weighted by molar-refractivity contribution is 5.95. The molecule has 1 amide bonds. The van der Waals surface area contributed by atoms with Gasteiger partial charge in [-0.1, -0.05) is 24.3 Å². The lowest BCUT2D eigenvalue weighted by Gasteiger charge is -2.30. The van der Waals surface area contributed by atoms with Gasteiger partial charge in [-0.05, 0) is 60.5 Å². The van der Waals surface area contributed by atoms with Gasteiger partial charge in [0.05, 0.1) is 11.6 Å². The van der Waals surface area contributed by atoms with E-state index in [2.05, 4.69) is 0 Å². The van der Waals surface area contributed by atoms with Gasteiger partial charge in [0.25, 0.3) is 5.91 Å². The van der Waals surface area contributed by atoms with Crippen LogP contribution in [-0.2, 0) is 6.54 Å². The van der Waals surface area contributed by atoms with E-state index in [-0.39, 0.29) is 30.6 Å². The number of amides is 1. The van der Waals surface area contributed by atoms with Crippen LogP contribution in [0.15, 0.2) is 66.7 Å². The smallest absolute Gasteiger partial charge is 0.335 e. The second-order valence-electron chi connectivity index (χ2n) is 7.23. The van der Waals surface area contributed by atoms with Crippen LogP contribution in [0.25, 0.3) is 0 Å². The normalized spacial score (nSPS) is 13.0. The molecule has 0 bridgehead atoms. The number of carboxylic acid groups (broad SMARTS) is 1. The molecule has 7 heteroatoms. The Morgan fingerprint density at radius 2 is 1.74 bits per heavy atom. The molecule has 0 saturated heterocycles. The highest BCUT2D eigenvalue weighted by atomic mass is 19.1. The summed E-state index contributed by atoms with van der Waals surface area (Å²) in [7, 11) is 0. The van der Waals surface area contributed by atoms with E-state index in [0.29, 0.717) is 22.6 Å². The Morgan fingerprint density at radius 3 is 2.48 bits per heavy atom. The third-order valence-electron chi connectivity index (χ3n) is 5.23. The van der Waals surface area contributed by atoms with Gasteiger partial charge in [0.15, 0.2) is 11.5 Å². The van der Waals surface area contributed by atoms with E-state index in [4.69, 9.17) is 9.47 Å². The molecule has 0 radical (unpaired) electrons. The van der Waals surface area contributed by atoms with Crippen LogP contribution in [0.1, 0.15) is 44.8 Å². The molecule has 3 aromatic rings. The fourth-order valence-electron chi connectivity index (χ4n) is 3.50. The monoisotopic (exact) mass is 421 g/mol. The number of nitrogens with zero attached hydrogens (tertiary/aromatic N) is 1. The van der Waals surface area contributed by atoms with Crippen LogP contribution in [0, 0.1) is 5.82 Å². The molecule has 31 heavy (non-hydrogen) atoms. The third kappa shape index (κ3) is 4.35. The van der Waals surface area contributed by atoms with Gasteiger partial charge < -0.3 is 19.5 Å². The van der Waals surface area contributed by atoms with Crippen LogP contribution in [0.4, 0.5) is 4.39 Å². The summed E-state index contributed by atoms with van der Waals surface area (Å²) in [4.78, 5) is 26.5. The third-order valence-corrected chi connectivity index (χ3v) is 5.23. The summed E-state index contributed by atoms with van der Waals surface area (Å²) >= 11 is 0. The maximum Gasteiger partial charge on any atom is 0.335 e. The first-order valence-electron chi connectivity index (χ1n) is 9.70. The zero-order valence-electron chi connectivity index (χ0n) is 16.7. The molecule has 0 spiro atoms. The summed E-state index contributed by atoms with van der Waals surface area (Å²) in [5.41, 5.74) is 1.97. The van der Waals surface area contributed by atoms with Gasteiger partial charge in [0.2, 0.25) is 6.79 Å². The Hall–Kier alpha value is -3.87. The summed E-state index contributed by atoms with van der Waals surface area (Å²) in [5, 5.41) is 9.29. The molecule has 0 aliphatic carbocycles. The van der Waals surface area contributed by atoms with Gasteiger partial charge in [-0.15, -0.1) is 0 Å². The maximum atomic E-state index is 13.5. The number of carboxylic acids is 1. The van der Waals surface area contributed by atoms with E-state index in [1.807, 2.05) is 6.92 Å². The van der Waals surface area contributed by atoms with Crippen LogP contribution in [0.5, 0.6) is 11.5 Å². The largest absolute Gasteiger partial charge is 0.478 e. The fraction of sp³-hybridized carbons (Fsp3) is 0.167. The SMILES string of the molecule is CC(c1ccc(F)cc1)N(Cc1cccc(C(=O)O)c1)C(=O)c1ccc2c(c1)OCO2. The number of fused-ring (bicyclic) bond motifs is 1. The molecule has 1 N–H and O–H groups in total. The molecule has 1 atom stereocenters. The molecule has 1 heterocycles. The van der Waals surface area contributed by atoms with Crippen molar-refractivity contribution in [1.29, 1.82) is 0 Å². The van der Waals surface area contributed by atoms with Crippen molar-refractivity contribution in [3.8, 4) is 11.5 Å². The molecule has 6 nitrogen and oxygen atoms in total. The molecule has 0 saturated carbocycles. The second kappa shape index (κ2) is 8.47. The molecular weight excluding hydrogens is 401 g/mol. The zero-order chi connectivity index (χ0) is 22.0. The van der Waals surface area contributed by atoms with Crippen molar-refractivity contribution in [1.82, 2.24) is 4.90 Å². The zero-order valence-corrected chi connectivity index (χ0v) is 16.7. The van der Waals surface area contributed by atoms with Gasteiger partial charge in [-0.25, -0.2) is 9.18 Å². The number of ether oxygens (including phenoxy) is 2. The van der Waals surface area contributed by atoms with Crippen molar-refractivity contribution in [3.05, 3.63) is 94.8 Å². The van der Waals surface area contributed by atoms with Crippen molar-refractivity contribution in [3.63, 3.8) is 0 Å². The number of rotatable bonds is 6. The number of hydrogen-bond acceptors (Lipinski definition) is 4. The van der Waals surface area contributed by atoms with E-state index in [0.717, 1.165) is 5.56 Å².